The van der Waals surface area contributed by atoms with E-state index in [2.05, 4.69) is 27.4 Å². The number of H-pyrrole nitrogens is 1. The largest absolute Gasteiger partial charge is 0.345 e. The van der Waals surface area contributed by atoms with Gasteiger partial charge in [0.05, 0.1) is 17.4 Å². The van der Waals surface area contributed by atoms with Gasteiger partial charge < -0.3 is 15.7 Å². The minimum Gasteiger partial charge on any atom is -0.345 e. The van der Waals surface area contributed by atoms with Crippen LogP contribution < -0.4 is 5.32 Å². The minimum absolute atomic E-state index is 0.0897. The van der Waals surface area contributed by atoms with Crippen LogP contribution in [-0.2, 0) is 6.42 Å². The third kappa shape index (κ3) is 1.24. The van der Waals surface area contributed by atoms with E-state index < -0.39 is 0 Å². The molecular formula is C14H16N4. The van der Waals surface area contributed by atoms with Gasteiger partial charge in [-0.05, 0) is 50.0 Å². The van der Waals surface area contributed by atoms with Gasteiger partial charge in [0, 0.05) is 16.7 Å². The predicted octanol–water partition coefficient (Wildman–Crippen LogP) is 1.86. The summed E-state index contributed by atoms with van der Waals surface area (Å²) in [5, 5.41) is 11.9. The molecule has 1 aromatic heterocycles. The predicted molar refractivity (Wildman–Crippen MR) is 71.2 cm³/mol. The van der Waals surface area contributed by atoms with Gasteiger partial charge in [-0.2, -0.15) is 0 Å². The highest BCUT2D eigenvalue weighted by Gasteiger charge is 2.43. The molecule has 0 saturated carbocycles. The van der Waals surface area contributed by atoms with Crippen molar-refractivity contribution in [3.8, 4) is 0 Å². The van der Waals surface area contributed by atoms with Crippen molar-refractivity contribution in [2.75, 3.05) is 13.1 Å². The van der Waals surface area contributed by atoms with Gasteiger partial charge in [0.1, 0.15) is 0 Å². The molecule has 4 rings (SSSR count). The topological polar surface area (TPSA) is 64.6 Å². The normalized spacial score (nSPS) is 21.7. The maximum absolute atomic E-state index is 8.54. The van der Waals surface area contributed by atoms with Crippen LogP contribution in [0, 0.1) is 10.8 Å². The lowest BCUT2D eigenvalue weighted by Crippen LogP contribution is -2.40. The molecule has 1 saturated heterocycles. The van der Waals surface area contributed by atoms with Gasteiger partial charge in [-0.1, -0.05) is 0 Å². The van der Waals surface area contributed by atoms with E-state index in [0.717, 1.165) is 54.7 Å². The summed E-state index contributed by atoms with van der Waals surface area (Å²) in [5.41, 5.74) is 5.43. The number of rotatable bonds is 0. The summed E-state index contributed by atoms with van der Waals surface area (Å²) in [7, 11) is 0. The number of nitrogens with zero attached hydrogens (tertiary/aromatic N) is 1. The van der Waals surface area contributed by atoms with Crippen molar-refractivity contribution >= 4 is 16.7 Å². The molecule has 92 valence electrons. The molecule has 0 radical (unpaired) electrons. The smallest absolute Gasteiger partial charge is 0.0931 e. The van der Waals surface area contributed by atoms with Gasteiger partial charge in [0.2, 0.25) is 0 Å². The average molecular weight is 240 g/mol. The molecule has 0 bridgehead atoms. The molecule has 1 aliphatic carbocycles. The summed E-state index contributed by atoms with van der Waals surface area (Å²) in [6, 6.07) is 4.27. The molecule has 2 aliphatic rings. The van der Waals surface area contributed by atoms with Crippen LogP contribution in [0.2, 0.25) is 0 Å². The molecule has 18 heavy (non-hydrogen) atoms. The first-order valence-electron chi connectivity index (χ1n) is 6.55. The first-order chi connectivity index (χ1) is 8.78. The second kappa shape index (κ2) is 3.42. The molecule has 0 unspecified atom stereocenters. The van der Waals surface area contributed by atoms with E-state index in [1.165, 1.54) is 5.56 Å². The third-order valence-electron chi connectivity index (χ3n) is 4.53. The number of benzene rings is 1. The van der Waals surface area contributed by atoms with Crippen LogP contribution in [0.4, 0.5) is 0 Å². The molecule has 2 aromatic rings. The summed E-state index contributed by atoms with van der Waals surface area (Å²) in [5.74, 6) is 0. The van der Waals surface area contributed by atoms with Crippen molar-refractivity contribution in [1.82, 2.24) is 15.3 Å². The van der Waals surface area contributed by atoms with Crippen LogP contribution in [0.25, 0.3) is 11.0 Å². The van der Waals surface area contributed by atoms with Crippen LogP contribution >= 0.6 is 0 Å². The Morgan fingerprint density at radius 3 is 2.89 bits per heavy atom. The first-order valence-corrected chi connectivity index (χ1v) is 6.55. The van der Waals surface area contributed by atoms with E-state index in [1.807, 2.05) is 0 Å². The van der Waals surface area contributed by atoms with E-state index in [-0.39, 0.29) is 5.41 Å². The zero-order chi connectivity index (χ0) is 12.2. The number of fused-ring (bicyclic) bond motifs is 2. The van der Waals surface area contributed by atoms with Crippen molar-refractivity contribution in [1.29, 1.82) is 5.41 Å². The fourth-order valence-electron chi connectivity index (χ4n) is 3.48. The Bertz CT molecular complexity index is 634. The molecule has 1 spiro atoms. The zero-order valence-electron chi connectivity index (χ0n) is 10.2. The summed E-state index contributed by atoms with van der Waals surface area (Å²) < 4.78 is 0. The molecule has 0 amide bonds. The maximum atomic E-state index is 8.54. The third-order valence-corrected chi connectivity index (χ3v) is 4.53. The van der Waals surface area contributed by atoms with E-state index >= 15 is 0 Å². The number of hydrogen-bond donors (Lipinski definition) is 3. The fraction of sp³-hybridized carbons (Fsp3) is 0.429. The number of hydrogen-bond acceptors (Lipinski definition) is 3. The second-order valence-corrected chi connectivity index (χ2v) is 5.51. The highest BCUT2D eigenvalue weighted by Crippen LogP contribution is 2.43. The monoisotopic (exact) mass is 240 g/mol. The van der Waals surface area contributed by atoms with E-state index in [1.54, 1.807) is 6.33 Å². The van der Waals surface area contributed by atoms with Crippen LogP contribution in [0.15, 0.2) is 18.5 Å². The molecule has 1 aliphatic heterocycles. The number of imidazole rings is 1. The lowest BCUT2D eigenvalue weighted by molar-refractivity contribution is 0.305. The van der Waals surface area contributed by atoms with Crippen LogP contribution in [0.3, 0.4) is 0 Å². The van der Waals surface area contributed by atoms with Crippen LogP contribution in [0.5, 0.6) is 0 Å². The van der Waals surface area contributed by atoms with Gasteiger partial charge in [-0.15, -0.1) is 0 Å². The van der Waals surface area contributed by atoms with Crippen LogP contribution in [-0.4, -0.2) is 28.8 Å². The Kier molecular flexibility index (Phi) is 1.95. The maximum Gasteiger partial charge on any atom is 0.0931 e. The van der Waals surface area contributed by atoms with Crippen molar-refractivity contribution < 1.29 is 0 Å². The Morgan fingerprint density at radius 2 is 2.06 bits per heavy atom. The zero-order valence-corrected chi connectivity index (χ0v) is 10.2. The lowest BCUT2D eigenvalue weighted by Gasteiger charge is -2.33. The molecule has 4 nitrogen and oxygen atoms in total. The van der Waals surface area contributed by atoms with Gasteiger partial charge in [0.25, 0.3) is 0 Å². The summed E-state index contributed by atoms with van der Waals surface area (Å²) >= 11 is 0. The van der Waals surface area contributed by atoms with Crippen LogP contribution in [0.1, 0.15) is 24.0 Å². The number of nitrogens with one attached hydrogen (secondary N) is 3. The molecular weight excluding hydrogens is 224 g/mol. The van der Waals surface area contributed by atoms with E-state index in [4.69, 9.17) is 5.41 Å². The summed E-state index contributed by atoms with van der Waals surface area (Å²) in [6.07, 6.45) is 4.92. The molecule has 1 aromatic carbocycles. The molecule has 4 heteroatoms. The number of piperidine rings is 1. The SMILES string of the molecule is N=C1c2cc3nc[nH]c3cc2CC12CCNCC2. The Labute approximate surface area is 105 Å². The molecule has 3 N–H and O–H groups in total. The first kappa shape index (κ1) is 10.3. The minimum atomic E-state index is 0.0897. The number of aromatic amines is 1. The van der Waals surface area contributed by atoms with Crippen molar-refractivity contribution in [2.45, 2.75) is 19.3 Å². The summed E-state index contributed by atoms with van der Waals surface area (Å²) in [6.45, 7) is 2.07. The highest BCUT2D eigenvalue weighted by molar-refractivity contribution is 6.08. The second-order valence-electron chi connectivity index (χ2n) is 5.51. The van der Waals surface area contributed by atoms with Gasteiger partial charge >= 0.3 is 0 Å². The fourth-order valence-corrected chi connectivity index (χ4v) is 3.48. The van der Waals surface area contributed by atoms with Crippen molar-refractivity contribution in [2.24, 2.45) is 5.41 Å². The Morgan fingerprint density at radius 1 is 1.22 bits per heavy atom. The molecule has 1 fully saturated rings. The van der Waals surface area contributed by atoms with E-state index in [9.17, 15) is 0 Å². The Hall–Kier alpha value is -1.68. The van der Waals surface area contributed by atoms with Crippen molar-refractivity contribution in [3.05, 3.63) is 29.6 Å². The van der Waals surface area contributed by atoms with Gasteiger partial charge in [0.15, 0.2) is 0 Å². The standard InChI is InChI=1S/C14H16N4/c15-13-10-6-12-11(17-8-18-12)5-9(10)7-14(13)1-3-16-4-2-14/h5-6,8,15-16H,1-4,7H2,(H,17,18). The Balaban J connectivity index is 1.85. The quantitative estimate of drug-likeness (QED) is 0.658. The van der Waals surface area contributed by atoms with Crippen molar-refractivity contribution in [3.63, 3.8) is 0 Å². The highest BCUT2D eigenvalue weighted by atomic mass is 14.9. The van der Waals surface area contributed by atoms with Gasteiger partial charge in [-0.25, -0.2) is 4.98 Å². The van der Waals surface area contributed by atoms with Gasteiger partial charge in [-0.3, -0.25) is 0 Å². The lowest BCUT2D eigenvalue weighted by atomic mass is 9.75. The summed E-state index contributed by atoms with van der Waals surface area (Å²) in [4.78, 5) is 7.46. The number of aromatic nitrogens is 2. The molecule has 0 atom stereocenters. The average Bonchev–Trinajstić information content (AvgIpc) is 2.93. The van der Waals surface area contributed by atoms with E-state index in [0.29, 0.717) is 0 Å². The molecule has 2 heterocycles.